The number of nitrogens with zero attached hydrogens (tertiary/aromatic N) is 1. The molecule has 0 bridgehead atoms. The van der Waals surface area contributed by atoms with Crippen LogP contribution in [0.25, 0.3) is 11.1 Å². The van der Waals surface area contributed by atoms with Gasteiger partial charge < -0.3 is 15.1 Å². The third-order valence-electron chi connectivity index (χ3n) is 8.58. The van der Waals surface area contributed by atoms with Crippen LogP contribution in [0.2, 0.25) is 0 Å². The summed E-state index contributed by atoms with van der Waals surface area (Å²) in [6.45, 7) is 0.439. The number of phenolic OH excluding ortho intramolecular Hbond substituents is 1. The van der Waals surface area contributed by atoms with Crippen molar-refractivity contribution in [1.29, 1.82) is 0 Å². The van der Waals surface area contributed by atoms with Crippen LogP contribution in [-0.4, -0.2) is 79.3 Å². The average Bonchev–Trinajstić information content (AvgIpc) is 3.16. The number of hydrogen-bond donors (Lipinski definition) is 2. The SMILES string of the molecule is O=S(=O)(CCCN(CCO)CCCCCCC1=C(c2ccc(F)cc2)CCCc2cc(O)c(F)cc21)CCC(F)(C(F)(F)F)C(F)(F)F. The number of alkyl halides is 7. The monoisotopic (exact) mass is 717 g/mol. The first kappa shape index (κ1) is 39.7. The summed E-state index contributed by atoms with van der Waals surface area (Å²) in [5.41, 5.74) is -1.36. The minimum atomic E-state index is -6.32. The second-order valence-corrected chi connectivity index (χ2v) is 14.4. The molecule has 0 spiro atoms. The zero-order valence-corrected chi connectivity index (χ0v) is 27.1. The summed E-state index contributed by atoms with van der Waals surface area (Å²) in [7, 11) is -4.43. The number of sulfone groups is 1. The van der Waals surface area contributed by atoms with Gasteiger partial charge in [0.15, 0.2) is 11.6 Å². The Kier molecular flexibility index (Phi) is 13.8. The number of aliphatic hydroxyl groups is 1. The number of phenols is 1. The fourth-order valence-electron chi connectivity index (χ4n) is 5.94. The van der Waals surface area contributed by atoms with E-state index in [2.05, 4.69) is 0 Å². The molecule has 1 aliphatic carbocycles. The number of benzene rings is 2. The summed E-state index contributed by atoms with van der Waals surface area (Å²) in [6, 6.07) is 8.89. The third kappa shape index (κ3) is 10.6. The Hall–Kier alpha value is -2.78. The van der Waals surface area contributed by atoms with E-state index >= 15 is 0 Å². The average molecular weight is 718 g/mol. The lowest BCUT2D eigenvalue weighted by Gasteiger charge is -2.29. The quantitative estimate of drug-likeness (QED) is 0.128. The minimum Gasteiger partial charge on any atom is -0.505 e. The number of aliphatic hydroxyl groups excluding tert-OH is 1. The topological polar surface area (TPSA) is 77.8 Å². The predicted molar refractivity (Wildman–Crippen MR) is 165 cm³/mol. The maximum atomic E-state index is 14.5. The number of halogens is 9. The van der Waals surface area contributed by atoms with Gasteiger partial charge in [-0.05, 0) is 110 Å². The molecule has 15 heteroatoms. The molecule has 0 fully saturated rings. The van der Waals surface area contributed by atoms with Crippen molar-refractivity contribution in [2.45, 2.75) is 82.2 Å². The Morgan fingerprint density at radius 2 is 1.40 bits per heavy atom. The van der Waals surface area contributed by atoms with Gasteiger partial charge in [-0.3, -0.25) is 0 Å². The highest BCUT2D eigenvalue weighted by Crippen LogP contribution is 2.48. The predicted octanol–water partition coefficient (Wildman–Crippen LogP) is 8.19. The van der Waals surface area contributed by atoms with Crippen molar-refractivity contribution in [2.75, 3.05) is 37.7 Å². The van der Waals surface area contributed by atoms with Crippen LogP contribution in [0.1, 0.15) is 74.5 Å². The lowest BCUT2D eigenvalue weighted by atomic mass is 9.89. The maximum Gasteiger partial charge on any atom is 0.431 e. The second kappa shape index (κ2) is 16.8. The van der Waals surface area contributed by atoms with Crippen molar-refractivity contribution < 1.29 is 58.1 Å². The van der Waals surface area contributed by atoms with Gasteiger partial charge in [-0.1, -0.05) is 25.0 Å². The van der Waals surface area contributed by atoms with Gasteiger partial charge in [0, 0.05) is 13.0 Å². The van der Waals surface area contributed by atoms with Gasteiger partial charge in [0.05, 0.1) is 18.1 Å². The molecular weight excluding hydrogens is 677 g/mol. The van der Waals surface area contributed by atoms with Crippen LogP contribution in [0.3, 0.4) is 0 Å². The van der Waals surface area contributed by atoms with Crippen molar-refractivity contribution >= 4 is 21.0 Å². The summed E-state index contributed by atoms with van der Waals surface area (Å²) in [5.74, 6) is -3.90. The van der Waals surface area contributed by atoms with Crippen molar-refractivity contribution in [3.05, 3.63) is 64.7 Å². The van der Waals surface area contributed by atoms with Crippen LogP contribution >= 0.6 is 0 Å². The number of fused-ring (bicyclic) bond motifs is 1. The molecule has 2 aromatic rings. The lowest BCUT2D eigenvalue weighted by molar-refractivity contribution is -0.341. The van der Waals surface area contributed by atoms with Gasteiger partial charge in [0.2, 0.25) is 0 Å². The smallest absolute Gasteiger partial charge is 0.431 e. The molecule has 0 aromatic heterocycles. The summed E-state index contributed by atoms with van der Waals surface area (Å²) in [5, 5.41) is 19.4. The molecule has 0 radical (unpaired) electrons. The molecule has 0 atom stereocenters. The molecule has 3 rings (SSSR count). The van der Waals surface area contributed by atoms with E-state index in [0.717, 1.165) is 41.5 Å². The minimum absolute atomic E-state index is 0.0994. The van der Waals surface area contributed by atoms with Gasteiger partial charge >= 0.3 is 12.4 Å². The lowest BCUT2D eigenvalue weighted by Crippen LogP contribution is -2.54. The van der Waals surface area contributed by atoms with Crippen LogP contribution in [0.15, 0.2) is 36.4 Å². The van der Waals surface area contributed by atoms with Gasteiger partial charge in [0.25, 0.3) is 5.67 Å². The van der Waals surface area contributed by atoms with Crippen LogP contribution in [0, 0.1) is 11.6 Å². The molecule has 0 heterocycles. The van der Waals surface area contributed by atoms with Crippen LogP contribution in [0.5, 0.6) is 5.75 Å². The van der Waals surface area contributed by atoms with Crippen molar-refractivity contribution in [1.82, 2.24) is 4.90 Å². The Morgan fingerprint density at radius 3 is 2.02 bits per heavy atom. The van der Waals surface area contributed by atoms with E-state index in [1.807, 2.05) is 0 Å². The maximum absolute atomic E-state index is 14.5. The zero-order chi connectivity index (χ0) is 35.8. The van der Waals surface area contributed by atoms with E-state index in [1.54, 1.807) is 17.0 Å². The Bertz CT molecular complexity index is 1480. The van der Waals surface area contributed by atoms with Gasteiger partial charge in [0.1, 0.15) is 15.7 Å². The van der Waals surface area contributed by atoms with Crippen LogP contribution in [0.4, 0.5) is 39.5 Å². The molecule has 0 amide bonds. The first-order valence-corrected chi connectivity index (χ1v) is 17.6. The highest BCUT2D eigenvalue weighted by molar-refractivity contribution is 7.91. The number of aromatic hydroxyl groups is 1. The van der Waals surface area contributed by atoms with Crippen molar-refractivity contribution in [3.63, 3.8) is 0 Å². The molecule has 2 N–H and O–H groups in total. The third-order valence-corrected chi connectivity index (χ3v) is 10.3. The van der Waals surface area contributed by atoms with Crippen LogP contribution < -0.4 is 0 Å². The van der Waals surface area contributed by atoms with Crippen LogP contribution in [-0.2, 0) is 16.3 Å². The Balaban J connectivity index is 1.54. The fraction of sp³-hybridized carbons (Fsp3) is 0.576. The molecule has 270 valence electrons. The number of allylic oxidation sites excluding steroid dienone is 2. The first-order valence-electron chi connectivity index (χ1n) is 15.7. The van der Waals surface area contributed by atoms with E-state index in [4.69, 9.17) is 0 Å². The van der Waals surface area contributed by atoms with E-state index in [1.165, 1.54) is 24.3 Å². The molecule has 0 saturated heterocycles. The van der Waals surface area contributed by atoms with Crippen molar-refractivity contribution in [3.8, 4) is 5.75 Å². The van der Waals surface area contributed by atoms with E-state index < -0.39 is 57.4 Å². The summed E-state index contributed by atoms with van der Waals surface area (Å²) >= 11 is 0. The molecule has 5 nitrogen and oxygen atoms in total. The van der Waals surface area contributed by atoms with Gasteiger partial charge in [-0.15, -0.1) is 0 Å². The fourth-order valence-corrected chi connectivity index (χ4v) is 7.30. The number of hydrogen-bond acceptors (Lipinski definition) is 5. The Labute approximate surface area is 274 Å². The largest absolute Gasteiger partial charge is 0.505 e. The number of unbranched alkanes of at least 4 members (excludes halogenated alkanes) is 3. The summed E-state index contributed by atoms with van der Waals surface area (Å²) < 4.78 is 143. The molecule has 1 aliphatic rings. The molecular formula is C33H40F9NO4S. The highest BCUT2D eigenvalue weighted by Gasteiger charge is 2.72. The molecule has 0 aliphatic heterocycles. The normalized spacial score (nSPS) is 14.8. The van der Waals surface area contributed by atoms with E-state index in [-0.39, 0.29) is 31.9 Å². The summed E-state index contributed by atoms with van der Waals surface area (Å²) in [6.07, 6.45) is -9.56. The van der Waals surface area contributed by atoms with E-state index in [9.17, 15) is 58.1 Å². The number of aryl methyl sites for hydroxylation is 1. The second-order valence-electron chi connectivity index (χ2n) is 12.1. The first-order chi connectivity index (χ1) is 22.4. The van der Waals surface area contributed by atoms with Crippen molar-refractivity contribution in [2.24, 2.45) is 0 Å². The number of rotatable bonds is 17. The Morgan fingerprint density at radius 1 is 0.771 bits per heavy atom. The highest BCUT2D eigenvalue weighted by atomic mass is 32.2. The van der Waals surface area contributed by atoms with Gasteiger partial charge in [-0.2, -0.15) is 26.3 Å². The van der Waals surface area contributed by atoms with E-state index in [0.29, 0.717) is 44.2 Å². The molecule has 48 heavy (non-hydrogen) atoms. The molecule has 0 unspecified atom stereocenters. The summed E-state index contributed by atoms with van der Waals surface area (Å²) in [4.78, 5) is 1.73. The molecule has 2 aromatic carbocycles. The zero-order valence-electron chi connectivity index (χ0n) is 26.2. The standard InChI is InChI=1S/C33H40F9NO4S/c34-25-12-10-23(11-13-25)26-9-5-7-24-21-30(45)29(35)22-28(24)27(26)8-3-1-2-4-15-43(17-18-44)16-6-19-48(46,47)20-14-31(36,32(37,38)39)33(40,41)42/h10-13,21-22,44-45H,1-9,14-20H2. The van der Waals surface area contributed by atoms with Gasteiger partial charge in [-0.25, -0.2) is 21.6 Å². The molecule has 0 saturated carbocycles.